The Labute approximate surface area is 183 Å². The molecular weight excluding hydrogens is 394 g/mol. The summed E-state index contributed by atoms with van der Waals surface area (Å²) >= 11 is 0. The molecule has 0 aliphatic carbocycles. The lowest BCUT2D eigenvalue weighted by Crippen LogP contribution is -1.88. The van der Waals surface area contributed by atoms with Gasteiger partial charge >= 0.3 is 0 Å². The van der Waals surface area contributed by atoms with Crippen LogP contribution in [0.1, 0.15) is 0 Å². The number of aryl methyl sites for hydroxylation is 1. The first kappa shape index (κ1) is 17.4. The highest BCUT2D eigenvalue weighted by atomic mass is 16.3. The summed E-state index contributed by atoms with van der Waals surface area (Å²) in [7, 11) is 2.10. The molecule has 3 aromatic heterocycles. The van der Waals surface area contributed by atoms with Crippen LogP contribution < -0.4 is 0 Å². The topological polar surface area (TPSA) is 31.2 Å². The maximum absolute atomic E-state index is 6.51. The molecule has 3 nitrogen and oxygen atoms in total. The number of hydrogen-bond donors (Lipinski definition) is 0. The fourth-order valence-corrected chi connectivity index (χ4v) is 4.86. The lowest BCUT2D eigenvalue weighted by atomic mass is 10.1. The van der Waals surface area contributed by atoms with Crippen molar-refractivity contribution in [2.75, 3.05) is 0 Å². The Bertz CT molecular complexity index is 1760. The Morgan fingerprint density at radius 2 is 0.875 bits per heavy atom. The number of fused-ring (bicyclic) bond motifs is 9. The zero-order chi connectivity index (χ0) is 21.2. The average Bonchev–Trinajstić information content (AvgIpc) is 2.97. The van der Waals surface area contributed by atoms with E-state index >= 15 is 0 Å². The zero-order valence-electron chi connectivity index (χ0n) is 17.5. The van der Waals surface area contributed by atoms with E-state index in [0.717, 1.165) is 65.7 Å². The van der Waals surface area contributed by atoms with Crippen molar-refractivity contribution < 1.29 is 8.83 Å². The number of aromatic nitrogens is 1. The van der Waals surface area contributed by atoms with Crippen LogP contribution in [0, 0.1) is 0 Å². The molecule has 0 atom stereocenters. The van der Waals surface area contributed by atoms with Crippen LogP contribution in [-0.2, 0) is 7.05 Å². The van der Waals surface area contributed by atoms with E-state index < -0.39 is 0 Å². The summed E-state index contributed by atoms with van der Waals surface area (Å²) in [5, 5.41) is 6.60. The molecule has 3 heterocycles. The first-order chi connectivity index (χ1) is 15.8. The van der Waals surface area contributed by atoms with Gasteiger partial charge in [-0.2, -0.15) is 0 Å². The normalized spacial score (nSPS) is 11.9. The minimum Gasteiger partial charge on any atom is -0.454 e. The van der Waals surface area contributed by atoms with Crippen molar-refractivity contribution in [2.24, 2.45) is 7.05 Å². The highest BCUT2D eigenvalue weighted by molar-refractivity contribution is 6.21. The van der Waals surface area contributed by atoms with Crippen LogP contribution in [0.15, 0.2) is 106 Å². The van der Waals surface area contributed by atoms with E-state index in [1.807, 2.05) is 36.4 Å². The number of rotatable bonds is 0. The molecule has 0 amide bonds. The third kappa shape index (κ3) is 2.36. The molecule has 0 saturated heterocycles. The van der Waals surface area contributed by atoms with E-state index in [1.165, 1.54) is 0 Å². The highest BCUT2D eigenvalue weighted by Crippen LogP contribution is 2.38. The predicted octanol–water partition coefficient (Wildman–Crippen LogP) is 8.25. The van der Waals surface area contributed by atoms with Gasteiger partial charge in [0.25, 0.3) is 0 Å². The molecule has 152 valence electrons. The smallest absolute Gasteiger partial charge is 0.158 e. The molecule has 0 fully saturated rings. The molecule has 0 aliphatic heterocycles. The number of para-hydroxylation sites is 2. The predicted molar refractivity (Wildman–Crippen MR) is 133 cm³/mol. The van der Waals surface area contributed by atoms with Crippen LogP contribution >= 0.6 is 0 Å². The highest BCUT2D eigenvalue weighted by Gasteiger charge is 2.16. The van der Waals surface area contributed by atoms with Crippen LogP contribution in [0.2, 0.25) is 0 Å². The Morgan fingerprint density at radius 3 is 1.38 bits per heavy atom. The van der Waals surface area contributed by atoms with Gasteiger partial charge in [0, 0.05) is 39.4 Å². The van der Waals surface area contributed by atoms with Gasteiger partial charge in [-0.1, -0.05) is 84.9 Å². The molecule has 0 radical (unpaired) electrons. The molecule has 32 heavy (non-hydrogen) atoms. The van der Waals surface area contributed by atoms with Crippen molar-refractivity contribution in [3.8, 4) is 0 Å². The average molecular weight is 413 g/mol. The monoisotopic (exact) mass is 413 g/mol. The lowest BCUT2D eigenvalue weighted by molar-refractivity contribution is 0.662. The Hall–Kier alpha value is -4.24. The third-order valence-electron chi connectivity index (χ3n) is 6.43. The van der Waals surface area contributed by atoms with Gasteiger partial charge in [0.2, 0.25) is 0 Å². The van der Waals surface area contributed by atoms with Crippen molar-refractivity contribution in [3.05, 3.63) is 97.1 Å². The summed E-state index contributed by atoms with van der Waals surface area (Å²) in [6, 6.07) is 33.4. The van der Waals surface area contributed by atoms with Gasteiger partial charge in [0.1, 0.15) is 11.2 Å². The molecule has 0 spiro atoms. The summed E-state index contributed by atoms with van der Waals surface area (Å²) in [5.41, 5.74) is 5.62. The van der Waals surface area contributed by atoms with Crippen LogP contribution in [0.5, 0.6) is 0 Å². The first-order valence-electron chi connectivity index (χ1n) is 10.8. The van der Waals surface area contributed by atoms with Crippen LogP contribution in [0.3, 0.4) is 0 Å². The summed E-state index contributed by atoms with van der Waals surface area (Å²) in [5.74, 6) is 0. The fraction of sp³-hybridized carbons (Fsp3) is 0.0345. The molecule has 4 aromatic carbocycles. The van der Waals surface area contributed by atoms with Crippen molar-refractivity contribution in [1.29, 1.82) is 0 Å². The van der Waals surface area contributed by atoms with Gasteiger partial charge in [-0.05, 0) is 12.1 Å². The zero-order valence-corrected chi connectivity index (χ0v) is 17.5. The molecule has 3 heteroatoms. The van der Waals surface area contributed by atoms with Gasteiger partial charge in [0.15, 0.2) is 11.2 Å². The van der Waals surface area contributed by atoms with Crippen LogP contribution in [0.4, 0.5) is 0 Å². The molecule has 0 aliphatic rings. The van der Waals surface area contributed by atoms with Crippen LogP contribution in [-0.4, -0.2) is 4.57 Å². The fourth-order valence-electron chi connectivity index (χ4n) is 4.86. The summed E-state index contributed by atoms with van der Waals surface area (Å²) in [6.45, 7) is 0. The Balaban J connectivity index is 1.73. The second kappa shape index (κ2) is 6.38. The maximum Gasteiger partial charge on any atom is 0.158 e. The second-order valence-corrected chi connectivity index (χ2v) is 8.27. The van der Waals surface area contributed by atoms with Crippen LogP contribution in [0.25, 0.3) is 65.7 Å². The number of nitrogens with zero attached hydrogens (tertiary/aromatic N) is 1. The minimum atomic E-state index is 0.868. The molecule has 0 N–H and O–H groups in total. The second-order valence-electron chi connectivity index (χ2n) is 8.27. The summed E-state index contributed by atoms with van der Waals surface area (Å²) < 4.78 is 15.2. The third-order valence-corrected chi connectivity index (χ3v) is 6.43. The van der Waals surface area contributed by atoms with Crippen molar-refractivity contribution >= 4 is 65.7 Å². The molecule has 7 rings (SSSR count). The summed E-state index contributed by atoms with van der Waals surface area (Å²) in [4.78, 5) is 0. The number of benzene rings is 4. The molecule has 0 saturated carbocycles. The van der Waals surface area contributed by atoms with E-state index in [-0.39, 0.29) is 0 Å². The van der Waals surface area contributed by atoms with Crippen molar-refractivity contribution in [2.45, 2.75) is 0 Å². The summed E-state index contributed by atoms with van der Waals surface area (Å²) in [6.07, 6.45) is 0. The first-order valence-corrected chi connectivity index (χ1v) is 10.8. The lowest BCUT2D eigenvalue weighted by Gasteiger charge is -2.02. The minimum absolute atomic E-state index is 0.868. The Kier molecular flexibility index (Phi) is 3.48. The van der Waals surface area contributed by atoms with Gasteiger partial charge in [0.05, 0.1) is 11.0 Å². The standard InChI is InChI=1S/C29H19NO2/c1-30-26-22(16-14-20-12-10-18-6-2-4-8-24(18)31-28(20)26)23-17-15-21-13-11-19-7-3-5-9-25(19)32-29(21)27(23)30/h2-17H,1H3. The molecule has 0 unspecified atom stereocenters. The Morgan fingerprint density at radius 1 is 0.469 bits per heavy atom. The van der Waals surface area contributed by atoms with Crippen molar-refractivity contribution in [1.82, 2.24) is 4.57 Å². The van der Waals surface area contributed by atoms with E-state index in [0.29, 0.717) is 0 Å². The van der Waals surface area contributed by atoms with E-state index in [1.54, 1.807) is 0 Å². The van der Waals surface area contributed by atoms with Gasteiger partial charge < -0.3 is 13.4 Å². The SMILES string of the molecule is Cn1c2c(ccc3ccc4ccccc4oc32)c2ccc3ccc4ccccc4oc3c21. The molecular formula is C29H19NO2. The van der Waals surface area contributed by atoms with E-state index in [2.05, 4.69) is 72.3 Å². The van der Waals surface area contributed by atoms with Gasteiger partial charge in [-0.25, -0.2) is 0 Å². The van der Waals surface area contributed by atoms with Gasteiger partial charge in [-0.3, -0.25) is 0 Å². The molecule has 0 bridgehead atoms. The van der Waals surface area contributed by atoms with E-state index in [4.69, 9.17) is 8.83 Å². The van der Waals surface area contributed by atoms with Gasteiger partial charge in [-0.15, -0.1) is 0 Å². The van der Waals surface area contributed by atoms with E-state index in [9.17, 15) is 0 Å². The number of hydrogen-bond acceptors (Lipinski definition) is 2. The van der Waals surface area contributed by atoms with Crippen molar-refractivity contribution in [3.63, 3.8) is 0 Å². The maximum atomic E-state index is 6.51. The quantitative estimate of drug-likeness (QED) is 0.251. The molecule has 7 aromatic rings. The largest absolute Gasteiger partial charge is 0.454 e.